The molecule has 4 unspecified atom stereocenters. The molecule has 21 heteroatoms. The first-order chi connectivity index (χ1) is 44.4. The summed E-state index contributed by atoms with van der Waals surface area (Å²) in [6, 6.07) is 21.8. The van der Waals surface area contributed by atoms with Crippen LogP contribution in [0.15, 0.2) is 83.6 Å². The SMILES string of the molecule is CC1c2c(ncc3c(N4CC5CCC(C4)N5C(=O)OC(C)(C)C)nc(OCCN4CCC(CC5CN(c6cc([C@H](C(=O)N7C[C@H](O)C[C@H]7C(=O)N[C@@H](C)c7ccc(-c8ccnn8C)cc7)C(C)C)on6)C5)CC4)nc23)-c2cc(OC3CCCCO3)cc3cccc1c23. The standard InChI is InChI=1S/C71H88N12O9/c1-41(2)61(68(86)82-40-51(84)32-57(82)67(85)74-43(4)46-15-17-47(18-16-46)56-21-24-73-78(56)8)58-34-59(77-92-58)80-36-45(37-80)30-44-22-25-79(26-23-44)27-29-89-69-75-65-55(66(76-69)81-38-49-19-20-50(39-81)83(49)70(87)91-71(5,6)7)35-72-64-54-33-52(90-60-14-9-10-28-88-60)31-48-12-11-13-53(63(48)54)42(3)62(64)65/h11-13,15-18,21,24,31,33-35,41-45,49-51,57,60-61,84H,9-10,14,19-20,22-23,25-30,32,36-40H2,1-8H3,(H,74,85)/t42?,43-,49?,50?,51+,57-,60?,61+/m0/s1. The number of benzene rings is 3. The second kappa shape index (κ2) is 25.2. The van der Waals surface area contributed by atoms with Gasteiger partial charge in [0.1, 0.15) is 35.7 Å². The number of rotatable bonds is 17. The molecule has 0 spiro atoms. The Bertz CT molecular complexity index is 3850. The van der Waals surface area contributed by atoms with Gasteiger partial charge in [-0.1, -0.05) is 68.4 Å². The quantitative estimate of drug-likeness (QED) is 0.0866. The molecule has 1 aliphatic carbocycles. The Labute approximate surface area is 538 Å². The number of hydrogen-bond donors (Lipinski definition) is 2. The fourth-order valence-corrected chi connectivity index (χ4v) is 15.7. The Balaban J connectivity index is 0.607. The molecule has 10 heterocycles. The van der Waals surface area contributed by atoms with E-state index in [0.29, 0.717) is 49.9 Å². The van der Waals surface area contributed by atoms with E-state index in [1.54, 1.807) is 6.20 Å². The summed E-state index contributed by atoms with van der Waals surface area (Å²) in [5, 5.41) is 25.9. The van der Waals surface area contributed by atoms with Gasteiger partial charge in [-0.05, 0) is 149 Å². The van der Waals surface area contributed by atoms with E-state index in [1.807, 2.05) is 101 Å². The average molecular weight is 1250 g/mol. The lowest BCUT2D eigenvalue weighted by Crippen LogP contribution is -2.57. The van der Waals surface area contributed by atoms with Gasteiger partial charge in [-0.3, -0.25) is 29.1 Å². The first kappa shape index (κ1) is 61.6. The van der Waals surface area contributed by atoms with E-state index in [2.05, 4.69) is 67.5 Å². The molecule has 7 aliphatic rings. The third-order valence-electron chi connectivity index (χ3n) is 20.5. The number of aliphatic hydroxyl groups is 1. The molecule has 6 aliphatic heterocycles. The maximum absolute atomic E-state index is 14.5. The van der Waals surface area contributed by atoms with Crippen molar-refractivity contribution in [3.05, 3.63) is 102 Å². The number of piperazine rings is 1. The van der Waals surface area contributed by atoms with Crippen molar-refractivity contribution < 1.29 is 43.0 Å². The zero-order valence-electron chi connectivity index (χ0n) is 54.4. The van der Waals surface area contributed by atoms with Crippen molar-refractivity contribution in [1.29, 1.82) is 0 Å². The van der Waals surface area contributed by atoms with Crippen LogP contribution in [0, 0.1) is 17.8 Å². The molecule has 486 valence electrons. The number of β-amino-alcohol motifs (C(OH)–C–C–N with tert-alkyl or cyclic N) is 1. The largest absolute Gasteiger partial charge is 0.465 e. The number of carbonyl (C=O) groups is 3. The topological polar surface area (TPSA) is 219 Å². The van der Waals surface area contributed by atoms with Crippen molar-refractivity contribution in [2.75, 3.05) is 75.4 Å². The predicted molar refractivity (Wildman–Crippen MR) is 349 cm³/mol. The van der Waals surface area contributed by atoms with Gasteiger partial charge in [-0.15, -0.1) is 0 Å². The molecule has 92 heavy (non-hydrogen) atoms. The highest BCUT2D eigenvalue weighted by Crippen LogP contribution is 2.50. The minimum atomic E-state index is -0.820. The first-order valence-corrected chi connectivity index (χ1v) is 33.6. The highest BCUT2D eigenvalue weighted by Gasteiger charge is 2.47. The fraction of sp³-hybridized carbons (Fsp3) is 0.549. The summed E-state index contributed by atoms with van der Waals surface area (Å²) in [5.41, 5.74) is 7.32. The van der Waals surface area contributed by atoms with Gasteiger partial charge in [0.15, 0.2) is 17.9 Å². The fourth-order valence-electron chi connectivity index (χ4n) is 15.7. The minimum absolute atomic E-state index is 0.0199. The number of aryl methyl sites for hydroxylation is 1. The van der Waals surface area contributed by atoms with Crippen LogP contribution in [-0.2, 0) is 26.1 Å². The second-order valence-corrected chi connectivity index (χ2v) is 28.4. The number of fused-ring (bicyclic) bond motifs is 6. The molecule has 2 bridgehead atoms. The molecule has 2 N–H and O–H groups in total. The Morgan fingerprint density at radius 1 is 0.870 bits per heavy atom. The molecule has 3 aromatic carbocycles. The van der Waals surface area contributed by atoms with E-state index in [9.17, 15) is 19.5 Å². The summed E-state index contributed by atoms with van der Waals surface area (Å²) < 4.78 is 33.0. The number of amides is 3. The zero-order valence-corrected chi connectivity index (χ0v) is 54.4. The highest BCUT2D eigenvalue weighted by molar-refractivity contribution is 6.06. The molecule has 14 rings (SSSR count). The summed E-state index contributed by atoms with van der Waals surface area (Å²) in [4.78, 5) is 68.4. The highest BCUT2D eigenvalue weighted by atomic mass is 16.7. The van der Waals surface area contributed by atoms with Crippen molar-refractivity contribution in [1.82, 2.24) is 49.9 Å². The van der Waals surface area contributed by atoms with Crippen LogP contribution in [-0.4, -0.2) is 169 Å². The van der Waals surface area contributed by atoms with E-state index >= 15 is 0 Å². The number of ether oxygens (including phenoxy) is 4. The Kier molecular flexibility index (Phi) is 16.9. The third kappa shape index (κ3) is 12.2. The second-order valence-electron chi connectivity index (χ2n) is 28.4. The number of nitrogens with zero attached hydrogens (tertiary/aromatic N) is 11. The van der Waals surface area contributed by atoms with E-state index in [1.165, 1.54) is 15.8 Å². The maximum atomic E-state index is 14.5. The number of piperidine rings is 1. The lowest BCUT2D eigenvalue weighted by atomic mass is 9.79. The van der Waals surface area contributed by atoms with Crippen molar-refractivity contribution in [2.45, 2.75) is 160 Å². The van der Waals surface area contributed by atoms with Crippen LogP contribution in [0.25, 0.3) is 44.2 Å². The summed E-state index contributed by atoms with van der Waals surface area (Å²) in [6.07, 6.45) is 10.6. The molecule has 0 saturated carbocycles. The number of aromatic nitrogens is 6. The Morgan fingerprint density at radius 3 is 2.37 bits per heavy atom. The van der Waals surface area contributed by atoms with Crippen LogP contribution in [0.3, 0.4) is 0 Å². The Morgan fingerprint density at radius 2 is 1.65 bits per heavy atom. The van der Waals surface area contributed by atoms with Gasteiger partial charge < -0.3 is 48.6 Å². The van der Waals surface area contributed by atoms with Crippen LogP contribution in [0.1, 0.15) is 147 Å². The van der Waals surface area contributed by atoms with Crippen molar-refractivity contribution in [3.8, 4) is 34.3 Å². The minimum Gasteiger partial charge on any atom is -0.465 e. The maximum Gasteiger partial charge on any atom is 0.410 e. The molecule has 0 radical (unpaired) electrons. The van der Waals surface area contributed by atoms with E-state index < -0.39 is 23.7 Å². The van der Waals surface area contributed by atoms with E-state index in [4.69, 9.17) is 38.4 Å². The summed E-state index contributed by atoms with van der Waals surface area (Å²) >= 11 is 0. The number of anilines is 2. The third-order valence-corrected chi connectivity index (χ3v) is 20.5. The lowest BCUT2D eigenvalue weighted by Gasteiger charge is -2.42. The molecule has 3 amide bonds. The van der Waals surface area contributed by atoms with E-state index in [0.717, 1.165) is 151 Å². The number of nitrogens with one attached hydrogen (secondary N) is 1. The molecule has 21 nitrogen and oxygen atoms in total. The van der Waals surface area contributed by atoms with Gasteiger partial charge in [0.05, 0.1) is 53.1 Å². The molecule has 6 fully saturated rings. The van der Waals surface area contributed by atoms with Gasteiger partial charge in [-0.2, -0.15) is 15.1 Å². The number of carbonyl (C=O) groups excluding carboxylic acids is 3. The van der Waals surface area contributed by atoms with Gasteiger partial charge in [0.25, 0.3) is 0 Å². The predicted octanol–water partition coefficient (Wildman–Crippen LogP) is 10.4. The van der Waals surface area contributed by atoms with Crippen LogP contribution in [0.2, 0.25) is 0 Å². The average Bonchev–Trinajstić information content (AvgIpc) is 1.23. The number of aliphatic hydroxyl groups excluding tert-OH is 1. The molecule has 4 aromatic heterocycles. The number of hydrogen-bond acceptors (Lipinski definition) is 17. The lowest BCUT2D eigenvalue weighted by molar-refractivity contribution is -0.141. The van der Waals surface area contributed by atoms with Gasteiger partial charge in [0, 0.05) is 94.7 Å². The van der Waals surface area contributed by atoms with Gasteiger partial charge >= 0.3 is 12.1 Å². The van der Waals surface area contributed by atoms with Crippen molar-refractivity contribution in [2.24, 2.45) is 24.8 Å². The molecular weight excluding hydrogens is 1160 g/mol. The molecular formula is C71H88N12O9. The summed E-state index contributed by atoms with van der Waals surface area (Å²) in [7, 11) is 1.90. The van der Waals surface area contributed by atoms with E-state index in [-0.39, 0.29) is 67.1 Å². The van der Waals surface area contributed by atoms with Crippen LogP contribution >= 0.6 is 0 Å². The molecule has 6 saturated heterocycles. The normalized spacial score (nSPS) is 23.5. The first-order valence-electron chi connectivity index (χ1n) is 33.6. The van der Waals surface area contributed by atoms with Crippen LogP contribution in [0.5, 0.6) is 11.8 Å². The van der Waals surface area contributed by atoms with Crippen molar-refractivity contribution >= 4 is 51.2 Å². The van der Waals surface area contributed by atoms with Crippen LogP contribution < -0.4 is 24.6 Å². The van der Waals surface area contributed by atoms with Gasteiger partial charge in [0.2, 0.25) is 11.8 Å². The van der Waals surface area contributed by atoms with Crippen molar-refractivity contribution in [3.63, 3.8) is 0 Å². The Hall–Kier alpha value is -7.88. The number of likely N-dealkylation sites (tertiary alicyclic amines) is 2. The number of pyridine rings is 1. The summed E-state index contributed by atoms with van der Waals surface area (Å²) in [6.45, 7) is 20.7. The zero-order chi connectivity index (χ0) is 63.7. The van der Waals surface area contributed by atoms with Crippen LogP contribution in [0.4, 0.5) is 16.4 Å². The summed E-state index contributed by atoms with van der Waals surface area (Å²) in [5.74, 6) is 2.46. The monoisotopic (exact) mass is 1250 g/mol. The molecule has 7 aromatic rings. The smallest absolute Gasteiger partial charge is 0.410 e. The molecule has 8 atom stereocenters. The van der Waals surface area contributed by atoms with Gasteiger partial charge in [-0.25, -0.2) is 4.79 Å².